The normalized spacial score (nSPS) is 26.2. The zero-order chi connectivity index (χ0) is 17.0. The number of nitrogens with zero attached hydrogens (tertiary/aromatic N) is 1. The van der Waals surface area contributed by atoms with Crippen molar-refractivity contribution in [3.05, 3.63) is 0 Å². The van der Waals surface area contributed by atoms with Crippen molar-refractivity contribution in [3.8, 4) is 0 Å². The van der Waals surface area contributed by atoms with Crippen LogP contribution >= 0.6 is 0 Å². The van der Waals surface area contributed by atoms with E-state index >= 15 is 0 Å². The predicted molar refractivity (Wildman–Crippen MR) is 87.1 cm³/mol. The van der Waals surface area contributed by atoms with Gasteiger partial charge in [0.15, 0.2) is 0 Å². The maximum atomic E-state index is 12.6. The van der Waals surface area contributed by atoms with Crippen molar-refractivity contribution in [3.63, 3.8) is 0 Å². The molecule has 0 aromatic heterocycles. The Kier molecular flexibility index (Phi) is 5.89. The minimum atomic E-state index is -0.516. The monoisotopic (exact) mass is 326 g/mol. The van der Waals surface area contributed by atoms with Gasteiger partial charge in [0.2, 0.25) is 5.91 Å². The van der Waals surface area contributed by atoms with Gasteiger partial charge in [-0.1, -0.05) is 6.92 Å². The molecule has 2 aliphatic rings. The van der Waals surface area contributed by atoms with E-state index in [2.05, 4.69) is 5.32 Å². The summed E-state index contributed by atoms with van der Waals surface area (Å²) in [6.45, 7) is 9.58. The number of ether oxygens (including phenoxy) is 2. The summed E-state index contributed by atoms with van der Waals surface area (Å²) < 4.78 is 10.8. The summed E-state index contributed by atoms with van der Waals surface area (Å²) >= 11 is 0. The largest absolute Gasteiger partial charge is 0.444 e. The Morgan fingerprint density at radius 2 is 1.87 bits per heavy atom. The number of carbonyl (C=O) groups excluding carboxylic acids is 2. The predicted octanol–water partition coefficient (Wildman–Crippen LogP) is 2.32. The Balaban J connectivity index is 1.95. The van der Waals surface area contributed by atoms with E-state index < -0.39 is 5.60 Å². The average molecular weight is 326 g/mol. The molecule has 132 valence electrons. The van der Waals surface area contributed by atoms with Gasteiger partial charge in [0, 0.05) is 31.8 Å². The number of likely N-dealkylation sites (tertiary alicyclic amines) is 1. The van der Waals surface area contributed by atoms with Crippen LogP contribution in [0.25, 0.3) is 0 Å². The van der Waals surface area contributed by atoms with Crippen LogP contribution in [-0.4, -0.2) is 54.3 Å². The van der Waals surface area contributed by atoms with Gasteiger partial charge in [-0.2, -0.15) is 0 Å². The van der Waals surface area contributed by atoms with E-state index in [1.54, 1.807) is 4.90 Å². The van der Waals surface area contributed by atoms with Crippen molar-refractivity contribution in [1.29, 1.82) is 0 Å². The van der Waals surface area contributed by atoms with Crippen LogP contribution < -0.4 is 5.32 Å². The minimum absolute atomic E-state index is 0.0646. The fourth-order valence-corrected chi connectivity index (χ4v) is 3.36. The number of carbonyl (C=O) groups is 2. The van der Waals surface area contributed by atoms with E-state index in [1.165, 1.54) is 0 Å². The van der Waals surface area contributed by atoms with Crippen LogP contribution in [-0.2, 0) is 14.3 Å². The topological polar surface area (TPSA) is 67.9 Å². The van der Waals surface area contributed by atoms with Gasteiger partial charge in [0.05, 0.1) is 5.92 Å². The smallest absolute Gasteiger partial charge is 0.410 e. The van der Waals surface area contributed by atoms with E-state index in [0.29, 0.717) is 26.2 Å². The molecule has 2 rings (SSSR count). The number of rotatable bonds is 3. The first-order valence-corrected chi connectivity index (χ1v) is 8.69. The molecule has 2 amide bonds. The molecule has 2 aliphatic heterocycles. The van der Waals surface area contributed by atoms with E-state index in [-0.39, 0.29) is 30.0 Å². The molecule has 0 aromatic carbocycles. The molecule has 0 unspecified atom stereocenters. The van der Waals surface area contributed by atoms with Gasteiger partial charge in [-0.05, 0) is 46.5 Å². The van der Waals surface area contributed by atoms with Gasteiger partial charge in [-0.3, -0.25) is 4.79 Å². The minimum Gasteiger partial charge on any atom is -0.444 e. The number of hydrogen-bond donors (Lipinski definition) is 1. The summed E-state index contributed by atoms with van der Waals surface area (Å²) in [5, 5.41) is 3.14. The van der Waals surface area contributed by atoms with Gasteiger partial charge < -0.3 is 19.7 Å². The van der Waals surface area contributed by atoms with Gasteiger partial charge in [0.25, 0.3) is 0 Å². The lowest BCUT2D eigenvalue weighted by Gasteiger charge is -2.30. The van der Waals surface area contributed by atoms with Gasteiger partial charge >= 0.3 is 6.09 Å². The first-order chi connectivity index (χ1) is 10.8. The lowest BCUT2D eigenvalue weighted by molar-refractivity contribution is -0.127. The molecule has 0 aromatic rings. The highest BCUT2D eigenvalue weighted by Crippen LogP contribution is 2.29. The van der Waals surface area contributed by atoms with Crippen molar-refractivity contribution >= 4 is 12.0 Å². The molecule has 0 aliphatic carbocycles. The van der Waals surface area contributed by atoms with Gasteiger partial charge in [-0.25, -0.2) is 4.79 Å². The molecule has 6 nitrogen and oxygen atoms in total. The highest BCUT2D eigenvalue weighted by Gasteiger charge is 2.41. The van der Waals surface area contributed by atoms with Crippen LogP contribution in [0.15, 0.2) is 0 Å². The first kappa shape index (κ1) is 18.0. The Morgan fingerprint density at radius 1 is 1.22 bits per heavy atom. The summed E-state index contributed by atoms with van der Waals surface area (Å²) in [6, 6.07) is 0.119. The molecule has 2 saturated heterocycles. The van der Waals surface area contributed by atoms with Gasteiger partial charge in [-0.15, -0.1) is 0 Å². The van der Waals surface area contributed by atoms with E-state index in [0.717, 1.165) is 19.3 Å². The summed E-state index contributed by atoms with van der Waals surface area (Å²) in [6.07, 6.45) is 2.87. The first-order valence-electron chi connectivity index (χ1n) is 8.69. The van der Waals surface area contributed by atoms with Crippen molar-refractivity contribution in [2.45, 2.75) is 71.1 Å². The Bertz CT molecular complexity index is 427. The molecular formula is C17H30N2O4. The SMILES string of the molecule is CC[C@@H]1[C@@H](C(=O)NC2CCOCC2)CCN1C(=O)OC(C)(C)C. The van der Waals surface area contributed by atoms with E-state index in [4.69, 9.17) is 9.47 Å². The fourth-order valence-electron chi connectivity index (χ4n) is 3.36. The maximum Gasteiger partial charge on any atom is 0.410 e. The number of hydrogen-bond acceptors (Lipinski definition) is 4. The zero-order valence-corrected chi connectivity index (χ0v) is 14.8. The zero-order valence-electron chi connectivity index (χ0n) is 14.8. The molecule has 2 fully saturated rings. The summed E-state index contributed by atoms with van der Waals surface area (Å²) in [7, 11) is 0. The summed E-state index contributed by atoms with van der Waals surface area (Å²) in [5.74, 6) is -0.0785. The Labute approximate surface area is 138 Å². The van der Waals surface area contributed by atoms with Crippen LogP contribution in [0.4, 0.5) is 4.79 Å². The number of amides is 2. The van der Waals surface area contributed by atoms with Crippen LogP contribution in [0.2, 0.25) is 0 Å². The van der Waals surface area contributed by atoms with Crippen molar-refractivity contribution < 1.29 is 19.1 Å². The van der Waals surface area contributed by atoms with Crippen molar-refractivity contribution in [2.24, 2.45) is 5.92 Å². The van der Waals surface area contributed by atoms with E-state index in [1.807, 2.05) is 27.7 Å². The molecule has 2 heterocycles. The second-order valence-corrected chi connectivity index (χ2v) is 7.44. The summed E-state index contributed by atoms with van der Waals surface area (Å²) in [4.78, 5) is 26.7. The molecular weight excluding hydrogens is 296 g/mol. The van der Waals surface area contributed by atoms with Gasteiger partial charge in [0.1, 0.15) is 5.60 Å². The van der Waals surface area contributed by atoms with Crippen LogP contribution in [0.1, 0.15) is 53.4 Å². The van der Waals surface area contributed by atoms with Crippen LogP contribution in [0.3, 0.4) is 0 Å². The molecule has 0 saturated carbocycles. The molecule has 1 N–H and O–H groups in total. The molecule has 0 radical (unpaired) electrons. The van der Waals surface area contributed by atoms with Crippen molar-refractivity contribution in [1.82, 2.24) is 10.2 Å². The fraction of sp³-hybridized carbons (Fsp3) is 0.882. The second kappa shape index (κ2) is 7.51. The second-order valence-electron chi connectivity index (χ2n) is 7.44. The third-order valence-electron chi connectivity index (χ3n) is 4.50. The third kappa shape index (κ3) is 4.83. The lowest BCUT2D eigenvalue weighted by atomic mass is 9.96. The number of nitrogens with one attached hydrogen (secondary N) is 1. The molecule has 0 spiro atoms. The maximum absolute atomic E-state index is 12.6. The summed E-state index contributed by atoms with van der Waals surface area (Å²) in [5.41, 5.74) is -0.516. The highest BCUT2D eigenvalue weighted by atomic mass is 16.6. The molecule has 23 heavy (non-hydrogen) atoms. The highest BCUT2D eigenvalue weighted by molar-refractivity contribution is 5.81. The van der Waals surface area contributed by atoms with Crippen LogP contribution in [0, 0.1) is 5.92 Å². The van der Waals surface area contributed by atoms with Crippen molar-refractivity contribution in [2.75, 3.05) is 19.8 Å². The Hall–Kier alpha value is -1.30. The standard InChI is InChI=1S/C17H30N2O4/c1-5-14-13(15(20)18-12-7-10-22-11-8-12)6-9-19(14)16(21)23-17(2,3)4/h12-14H,5-11H2,1-4H3,(H,18,20)/t13-,14+/m0/s1. The Morgan fingerprint density at radius 3 is 2.43 bits per heavy atom. The van der Waals surface area contributed by atoms with E-state index in [9.17, 15) is 9.59 Å². The average Bonchev–Trinajstić information content (AvgIpc) is 2.90. The molecule has 6 heteroatoms. The lowest BCUT2D eigenvalue weighted by Crippen LogP contribution is -2.47. The molecule has 2 atom stereocenters. The third-order valence-corrected chi connectivity index (χ3v) is 4.50. The quantitative estimate of drug-likeness (QED) is 0.864. The molecule has 0 bridgehead atoms. The van der Waals surface area contributed by atoms with Crippen LogP contribution in [0.5, 0.6) is 0 Å².